The van der Waals surface area contributed by atoms with Gasteiger partial charge in [0, 0.05) is 11.3 Å². The molecule has 0 spiro atoms. The maximum absolute atomic E-state index is 12.5. The zero-order valence-corrected chi connectivity index (χ0v) is 10.0. The van der Waals surface area contributed by atoms with Gasteiger partial charge in [0.2, 0.25) is 0 Å². The molecule has 1 heterocycles. The van der Waals surface area contributed by atoms with Gasteiger partial charge in [0.05, 0.1) is 6.54 Å². The highest BCUT2D eigenvalue weighted by molar-refractivity contribution is 6.07. The summed E-state index contributed by atoms with van der Waals surface area (Å²) < 4.78 is 0. The van der Waals surface area contributed by atoms with Gasteiger partial charge in [-0.3, -0.25) is 4.79 Å². The zero-order chi connectivity index (χ0) is 12.4. The number of hydrogen-bond donors (Lipinski definition) is 0. The predicted octanol–water partition coefficient (Wildman–Crippen LogP) is 3.44. The van der Waals surface area contributed by atoms with Crippen molar-refractivity contribution in [2.24, 2.45) is 0 Å². The van der Waals surface area contributed by atoms with E-state index in [9.17, 15) is 4.79 Å². The molecule has 1 aliphatic heterocycles. The molecule has 2 heteroatoms. The molecule has 0 unspecified atom stereocenters. The molecule has 89 valence electrons. The van der Waals surface area contributed by atoms with Crippen molar-refractivity contribution in [3.05, 3.63) is 72.3 Å². The smallest absolute Gasteiger partial charge is 0.258 e. The van der Waals surface area contributed by atoms with E-state index in [0.717, 1.165) is 24.1 Å². The average Bonchev–Trinajstić information content (AvgIpc) is 2.47. The van der Waals surface area contributed by atoms with Crippen LogP contribution < -0.4 is 4.90 Å². The van der Waals surface area contributed by atoms with Crippen molar-refractivity contribution in [1.82, 2.24) is 0 Å². The van der Waals surface area contributed by atoms with Crippen LogP contribution in [0.2, 0.25) is 0 Å². The molecule has 0 bridgehead atoms. The number of carbonyl (C=O) groups is 1. The first-order chi connectivity index (χ1) is 8.86. The fourth-order valence-electron chi connectivity index (χ4n) is 2.32. The van der Waals surface area contributed by atoms with Crippen LogP contribution in [-0.4, -0.2) is 5.91 Å². The van der Waals surface area contributed by atoms with Crippen LogP contribution in [-0.2, 0) is 6.42 Å². The molecule has 2 aromatic rings. The molecule has 0 atom stereocenters. The van der Waals surface area contributed by atoms with Crippen molar-refractivity contribution in [1.29, 1.82) is 0 Å². The van der Waals surface area contributed by atoms with Gasteiger partial charge in [-0.25, -0.2) is 0 Å². The Balaban J connectivity index is 1.97. The molecule has 0 saturated heterocycles. The first kappa shape index (κ1) is 11.0. The average molecular weight is 236 g/mol. The lowest BCUT2D eigenvalue weighted by atomic mass is 10.0. The number of amides is 1. The monoisotopic (exact) mass is 236 g/mol. The molecular formula is C16H14NO. The van der Waals surface area contributed by atoms with Gasteiger partial charge in [0.15, 0.2) is 0 Å². The number of hydrogen-bond acceptors (Lipinski definition) is 1. The van der Waals surface area contributed by atoms with Crippen LogP contribution in [0, 0.1) is 6.54 Å². The van der Waals surface area contributed by atoms with E-state index < -0.39 is 0 Å². The predicted molar refractivity (Wildman–Crippen MR) is 72.3 cm³/mol. The SMILES string of the molecule is O=C(c1ccccc1)N1[CH]CCc2ccccc21. The number of aryl methyl sites for hydroxylation is 1. The Morgan fingerprint density at radius 1 is 0.944 bits per heavy atom. The molecule has 0 aliphatic carbocycles. The number of fused-ring (bicyclic) bond motifs is 1. The summed E-state index contributed by atoms with van der Waals surface area (Å²) in [6.07, 6.45) is 1.92. The van der Waals surface area contributed by atoms with Crippen LogP contribution in [0.1, 0.15) is 22.3 Å². The number of para-hydroxylation sites is 1. The molecule has 0 fully saturated rings. The van der Waals surface area contributed by atoms with E-state index in [2.05, 4.69) is 6.07 Å². The molecule has 0 N–H and O–H groups in total. The second-order valence-electron chi connectivity index (χ2n) is 4.39. The number of carbonyl (C=O) groups excluding carboxylic acids is 1. The first-order valence-electron chi connectivity index (χ1n) is 6.16. The van der Waals surface area contributed by atoms with Gasteiger partial charge in [0.25, 0.3) is 5.91 Å². The summed E-state index contributed by atoms with van der Waals surface area (Å²) in [5.74, 6) is 0.0442. The molecule has 1 radical (unpaired) electrons. The molecule has 1 amide bonds. The Morgan fingerprint density at radius 2 is 1.67 bits per heavy atom. The van der Waals surface area contributed by atoms with E-state index in [1.165, 1.54) is 5.56 Å². The minimum atomic E-state index is 0.0442. The molecular weight excluding hydrogens is 222 g/mol. The van der Waals surface area contributed by atoms with Crippen LogP contribution in [0.5, 0.6) is 0 Å². The minimum absolute atomic E-state index is 0.0442. The van der Waals surface area contributed by atoms with Gasteiger partial charge in [-0.05, 0) is 36.6 Å². The van der Waals surface area contributed by atoms with Crippen molar-refractivity contribution in [3.63, 3.8) is 0 Å². The number of benzene rings is 2. The van der Waals surface area contributed by atoms with Crippen LogP contribution in [0.25, 0.3) is 0 Å². The standard InChI is InChI=1S/C16H14NO/c18-16(14-8-2-1-3-9-14)17-12-6-10-13-7-4-5-11-15(13)17/h1-5,7-9,11-12H,6,10H2. The third kappa shape index (κ3) is 1.90. The lowest BCUT2D eigenvalue weighted by Crippen LogP contribution is -2.31. The quantitative estimate of drug-likeness (QED) is 0.742. The molecule has 3 rings (SSSR count). The Bertz CT molecular complexity index is 562. The summed E-state index contributed by atoms with van der Waals surface area (Å²) in [4.78, 5) is 14.2. The highest BCUT2D eigenvalue weighted by Gasteiger charge is 2.23. The second-order valence-corrected chi connectivity index (χ2v) is 4.39. The zero-order valence-electron chi connectivity index (χ0n) is 10.0. The fourth-order valence-corrected chi connectivity index (χ4v) is 2.32. The van der Waals surface area contributed by atoms with E-state index in [-0.39, 0.29) is 5.91 Å². The maximum Gasteiger partial charge on any atom is 0.258 e. The summed E-state index contributed by atoms with van der Waals surface area (Å²) in [5.41, 5.74) is 2.98. The maximum atomic E-state index is 12.5. The fraction of sp³-hybridized carbons (Fsp3) is 0.125. The number of rotatable bonds is 1. The number of anilines is 1. The van der Waals surface area contributed by atoms with Crippen LogP contribution in [0.3, 0.4) is 0 Å². The molecule has 0 saturated carbocycles. The van der Waals surface area contributed by atoms with Crippen molar-refractivity contribution in [2.75, 3.05) is 4.90 Å². The van der Waals surface area contributed by atoms with E-state index in [0.29, 0.717) is 0 Å². The van der Waals surface area contributed by atoms with Gasteiger partial charge >= 0.3 is 0 Å². The van der Waals surface area contributed by atoms with E-state index >= 15 is 0 Å². The summed E-state index contributed by atoms with van der Waals surface area (Å²) in [5, 5.41) is 0. The lowest BCUT2D eigenvalue weighted by Gasteiger charge is -2.29. The van der Waals surface area contributed by atoms with Crippen molar-refractivity contribution in [2.45, 2.75) is 12.8 Å². The molecule has 0 aromatic heterocycles. The normalized spacial score (nSPS) is 14.1. The van der Waals surface area contributed by atoms with Crippen molar-refractivity contribution >= 4 is 11.6 Å². The van der Waals surface area contributed by atoms with Crippen LogP contribution in [0.15, 0.2) is 54.6 Å². The van der Waals surface area contributed by atoms with Gasteiger partial charge < -0.3 is 4.90 Å². The van der Waals surface area contributed by atoms with Gasteiger partial charge in [-0.1, -0.05) is 36.4 Å². The molecule has 2 nitrogen and oxygen atoms in total. The third-order valence-corrected chi connectivity index (χ3v) is 3.22. The molecule has 1 aliphatic rings. The highest BCUT2D eigenvalue weighted by Crippen LogP contribution is 2.29. The Labute approximate surface area is 107 Å². The van der Waals surface area contributed by atoms with Crippen LogP contribution in [0.4, 0.5) is 5.69 Å². The molecule has 2 aromatic carbocycles. The Hall–Kier alpha value is -2.09. The van der Waals surface area contributed by atoms with Gasteiger partial charge in [-0.2, -0.15) is 0 Å². The third-order valence-electron chi connectivity index (χ3n) is 3.22. The van der Waals surface area contributed by atoms with Gasteiger partial charge in [0.1, 0.15) is 0 Å². The Kier molecular flexibility index (Phi) is 2.85. The summed E-state index contributed by atoms with van der Waals surface area (Å²) in [6, 6.07) is 17.5. The molecule has 18 heavy (non-hydrogen) atoms. The van der Waals surface area contributed by atoms with E-state index in [1.54, 1.807) is 4.90 Å². The highest BCUT2D eigenvalue weighted by atomic mass is 16.2. The summed E-state index contributed by atoms with van der Waals surface area (Å²) in [7, 11) is 0. The van der Waals surface area contributed by atoms with Crippen molar-refractivity contribution < 1.29 is 4.79 Å². The van der Waals surface area contributed by atoms with E-state index in [1.807, 2.05) is 55.1 Å². The summed E-state index contributed by atoms with van der Waals surface area (Å²) in [6.45, 7) is 1.98. The Morgan fingerprint density at radius 3 is 2.50 bits per heavy atom. The second kappa shape index (κ2) is 4.65. The minimum Gasteiger partial charge on any atom is -0.303 e. The topological polar surface area (TPSA) is 20.3 Å². The largest absolute Gasteiger partial charge is 0.303 e. The lowest BCUT2D eigenvalue weighted by molar-refractivity contribution is 0.0992. The van der Waals surface area contributed by atoms with Crippen LogP contribution >= 0.6 is 0 Å². The number of nitrogens with zero attached hydrogens (tertiary/aromatic N) is 1. The first-order valence-corrected chi connectivity index (χ1v) is 6.16. The van der Waals surface area contributed by atoms with E-state index in [4.69, 9.17) is 0 Å². The summed E-state index contributed by atoms with van der Waals surface area (Å²) >= 11 is 0. The van der Waals surface area contributed by atoms with Crippen molar-refractivity contribution in [3.8, 4) is 0 Å². The van der Waals surface area contributed by atoms with Gasteiger partial charge in [-0.15, -0.1) is 0 Å².